The molecule has 0 saturated carbocycles. The van der Waals surface area contributed by atoms with E-state index in [4.69, 9.17) is 4.42 Å². The lowest BCUT2D eigenvalue weighted by Crippen LogP contribution is -2.46. The highest BCUT2D eigenvalue weighted by atomic mass is 16.3. The lowest BCUT2D eigenvalue weighted by atomic mass is 9.95. The van der Waals surface area contributed by atoms with Gasteiger partial charge in [0.25, 0.3) is 0 Å². The number of nitrogens with one attached hydrogen (secondary N) is 1. The molecular weight excluding hydrogens is 322 g/mol. The summed E-state index contributed by atoms with van der Waals surface area (Å²) >= 11 is 0. The van der Waals surface area contributed by atoms with Gasteiger partial charge < -0.3 is 9.73 Å². The van der Waals surface area contributed by atoms with Gasteiger partial charge in [-0.2, -0.15) is 4.99 Å². The van der Waals surface area contributed by atoms with Gasteiger partial charge in [0.2, 0.25) is 11.8 Å². The molecular formula is C18H19N3O4. The Morgan fingerprint density at radius 3 is 2.96 bits per heavy atom. The van der Waals surface area contributed by atoms with Crippen LogP contribution in [0.2, 0.25) is 0 Å². The highest BCUT2D eigenvalue weighted by Crippen LogP contribution is 2.20. The fraction of sp³-hybridized carbons (Fsp3) is 0.333. The van der Waals surface area contributed by atoms with Crippen LogP contribution in [0.3, 0.4) is 0 Å². The largest absolute Gasteiger partial charge is 0.467 e. The summed E-state index contributed by atoms with van der Waals surface area (Å²) in [6.07, 6.45) is 9.98. The van der Waals surface area contributed by atoms with Crippen molar-refractivity contribution in [1.29, 1.82) is 0 Å². The molecule has 7 nitrogen and oxygen atoms in total. The van der Waals surface area contributed by atoms with Crippen LogP contribution in [-0.4, -0.2) is 35.0 Å². The number of unbranched alkanes of at least 4 members (excludes halogenated alkanes) is 1. The molecule has 3 rings (SSSR count). The second-order valence-corrected chi connectivity index (χ2v) is 5.84. The van der Waals surface area contributed by atoms with Crippen molar-refractivity contribution in [2.24, 2.45) is 10.9 Å². The first-order chi connectivity index (χ1) is 12.1. The Kier molecular flexibility index (Phi) is 5.23. The van der Waals surface area contributed by atoms with E-state index < -0.39 is 11.9 Å². The lowest BCUT2D eigenvalue weighted by Gasteiger charge is -2.28. The summed E-state index contributed by atoms with van der Waals surface area (Å²) in [6.45, 7) is 0.627. The second kappa shape index (κ2) is 7.74. The molecule has 1 unspecified atom stereocenters. The van der Waals surface area contributed by atoms with E-state index >= 15 is 0 Å². The van der Waals surface area contributed by atoms with Crippen molar-refractivity contribution in [2.75, 3.05) is 6.54 Å². The quantitative estimate of drug-likeness (QED) is 0.770. The molecule has 0 radical (unpaired) electrons. The predicted octanol–water partition coefficient (Wildman–Crippen LogP) is 2.21. The standard InChI is InChI=1S/C18H19N3O4/c22-16(19-12-13-6-5-11-25-13)9-3-4-10-21-17(23)14-7-1-2-8-15(14)20-18(21)24/h1-2,5-8,11,14H,3-4,9-10,12H2,(H,19,22). The molecule has 25 heavy (non-hydrogen) atoms. The summed E-state index contributed by atoms with van der Waals surface area (Å²) in [7, 11) is 0. The van der Waals surface area contributed by atoms with Gasteiger partial charge in [-0.3, -0.25) is 14.5 Å². The van der Waals surface area contributed by atoms with Gasteiger partial charge in [0.15, 0.2) is 0 Å². The summed E-state index contributed by atoms with van der Waals surface area (Å²) < 4.78 is 5.14. The average molecular weight is 341 g/mol. The predicted molar refractivity (Wildman–Crippen MR) is 90.7 cm³/mol. The smallest absolute Gasteiger partial charge is 0.350 e. The average Bonchev–Trinajstić information content (AvgIpc) is 3.12. The number of aliphatic imine (C=N–C) groups is 1. The van der Waals surface area contributed by atoms with Crippen molar-refractivity contribution < 1.29 is 18.8 Å². The molecule has 1 N–H and O–H groups in total. The van der Waals surface area contributed by atoms with Gasteiger partial charge in [-0.25, -0.2) is 4.79 Å². The monoisotopic (exact) mass is 341 g/mol. The number of urea groups is 1. The van der Waals surface area contributed by atoms with Crippen molar-refractivity contribution in [3.63, 3.8) is 0 Å². The molecule has 4 amide bonds. The Morgan fingerprint density at radius 2 is 2.16 bits per heavy atom. The van der Waals surface area contributed by atoms with Crippen molar-refractivity contribution in [3.05, 3.63) is 48.5 Å². The Balaban J connectivity index is 1.41. The number of nitrogens with zero attached hydrogens (tertiary/aromatic N) is 2. The zero-order valence-corrected chi connectivity index (χ0v) is 13.7. The number of carbonyl (C=O) groups is 3. The van der Waals surface area contributed by atoms with Gasteiger partial charge in [-0.05, 0) is 31.1 Å². The van der Waals surface area contributed by atoms with Gasteiger partial charge >= 0.3 is 6.03 Å². The van der Waals surface area contributed by atoms with Crippen LogP contribution in [0.15, 0.2) is 52.1 Å². The third-order valence-electron chi connectivity index (χ3n) is 4.06. The van der Waals surface area contributed by atoms with Crippen LogP contribution in [0.1, 0.15) is 25.0 Å². The maximum atomic E-state index is 12.4. The van der Waals surface area contributed by atoms with Crippen LogP contribution in [0.25, 0.3) is 0 Å². The zero-order valence-electron chi connectivity index (χ0n) is 13.7. The molecule has 0 fully saturated rings. The molecule has 0 spiro atoms. The molecule has 1 atom stereocenters. The van der Waals surface area contributed by atoms with Crippen LogP contribution < -0.4 is 5.32 Å². The number of rotatable bonds is 7. The van der Waals surface area contributed by atoms with Gasteiger partial charge in [0.1, 0.15) is 5.76 Å². The topological polar surface area (TPSA) is 92.0 Å². The van der Waals surface area contributed by atoms with Gasteiger partial charge in [0.05, 0.1) is 24.4 Å². The molecule has 1 aliphatic heterocycles. The Hall–Kier alpha value is -2.96. The number of carbonyl (C=O) groups excluding carboxylic acids is 3. The third-order valence-corrected chi connectivity index (χ3v) is 4.06. The summed E-state index contributed by atoms with van der Waals surface area (Å²) in [5, 5.41) is 2.76. The fourth-order valence-electron chi connectivity index (χ4n) is 2.73. The van der Waals surface area contributed by atoms with E-state index in [1.165, 1.54) is 4.90 Å². The second-order valence-electron chi connectivity index (χ2n) is 5.84. The summed E-state index contributed by atoms with van der Waals surface area (Å²) in [6, 6.07) is 3.02. The number of allylic oxidation sites excluding steroid dienone is 3. The van der Waals surface area contributed by atoms with E-state index in [0.717, 1.165) is 0 Å². The molecule has 7 heteroatoms. The van der Waals surface area contributed by atoms with E-state index in [1.54, 1.807) is 42.7 Å². The zero-order chi connectivity index (χ0) is 17.6. The van der Waals surface area contributed by atoms with E-state index in [-0.39, 0.29) is 18.4 Å². The van der Waals surface area contributed by atoms with Crippen LogP contribution in [-0.2, 0) is 16.1 Å². The van der Waals surface area contributed by atoms with Crippen LogP contribution >= 0.6 is 0 Å². The lowest BCUT2D eigenvalue weighted by molar-refractivity contribution is -0.129. The Bertz CT molecular complexity index is 746. The maximum Gasteiger partial charge on any atom is 0.350 e. The van der Waals surface area contributed by atoms with Gasteiger partial charge in [-0.15, -0.1) is 0 Å². The molecule has 1 aromatic rings. The van der Waals surface area contributed by atoms with Crippen molar-refractivity contribution in [2.45, 2.75) is 25.8 Å². The molecule has 1 aliphatic carbocycles. The van der Waals surface area contributed by atoms with Crippen LogP contribution in [0.5, 0.6) is 0 Å². The number of fused-ring (bicyclic) bond motifs is 1. The summed E-state index contributed by atoms with van der Waals surface area (Å²) in [4.78, 5) is 41.3. The Morgan fingerprint density at radius 1 is 1.28 bits per heavy atom. The number of hydrogen-bond acceptors (Lipinski definition) is 4. The minimum Gasteiger partial charge on any atom is -0.467 e. The molecule has 2 aliphatic rings. The number of amides is 4. The van der Waals surface area contributed by atoms with E-state index in [9.17, 15) is 14.4 Å². The van der Waals surface area contributed by atoms with E-state index in [0.29, 0.717) is 37.3 Å². The molecule has 130 valence electrons. The number of furan rings is 1. The highest BCUT2D eigenvalue weighted by molar-refractivity contribution is 6.21. The summed E-state index contributed by atoms with van der Waals surface area (Å²) in [5.74, 6) is -0.119. The first-order valence-electron chi connectivity index (χ1n) is 8.23. The first kappa shape index (κ1) is 16.9. The molecule has 0 aromatic carbocycles. The molecule has 0 bridgehead atoms. The minimum absolute atomic E-state index is 0.0895. The van der Waals surface area contributed by atoms with E-state index in [1.807, 2.05) is 0 Å². The maximum absolute atomic E-state index is 12.4. The normalized spacial score (nSPS) is 19.0. The van der Waals surface area contributed by atoms with Crippen LogP contribution in [0.4, 0.5) is 4.79 Å². The van der Waals surface area contributed by atoms with E-state index in [2.05, 4.69) is 10.3 Å². The number of imide groups is 1. The fourth-order valence-corrected chi connectivity index (χ4v) is 2.73. The van der Waals surface area contributed by atoms with Crippen molar-refractivity contribution in [3.8, 4) is 0 Å². The highest BCUT2D eigenvalue weighted by Gasteiger charge is 2.35. The van der Waals surface area contributed by atoms with Gasteiger partial charge in [0, 0.05) is 13.0 Å². The van der Waals surface area contributed by atoms with Crippen molar-refractivity contribution >= 4 is 23.6 Å². The third kappa shape index (κ3) is 4.12. The van der Waals surface area contributed by atoms with Gasteiger partial charge in [-0.1, -0.05) is 18.2 Å². The van der Waals surface area contributed by atoms with Crippen LogP contribution in [0, 0.1) is 5.92 Å². The summed E-state index contributed by atoms with van der Waals surface area (Å²) in [5.41, 5.74) is 0.492. The van der Waals surface area contributed by atoms with Crippen molar-refractivity contribution in [1.82, 2.24) is 10.2 Å². The SMILES string of the molecule is O=C(CCCCN1C(=O)N=C2C=CC=CC2C1=O)NCc1ccco1. The molecule has 0 saturated heterocycles. The number of hydrogen-bond donors (Lipinski definition) is 1. The first-order valence-corrected chi connectivity index (χ1v) is 8.23. The minimum atomic E-state index is -0.529. The Labute approximate surface area is 145 Å². The molecule has 2 heterocycles. The molecule has 1 aromatic heterocycles.